The number of hydrogen-bond acceptors (Lipinski definition) is 4. The molecule has 94 valence electrons. The Morgan fingerprint density at radius 1 is 1.29 bits per heavy atom. The lowest BCUT2D eigenvalue weighted by atomic mass is 9.70. The third kappa shape index (κ3) is 1.52. The van der Waals surface area contributed by atoms with Gasteiger partial charge in [0.1, 0.15) is 0 Å². The predicted octanol–water partition coefficient (Wildman–Crippen LogP) is -0.114. The molecule has 1 saturated carbocycles. The van der Waals surface area contributed by atoms with Crippen LogP contribution in [0.3, 0.4) is 0 Å². The predicted molar refractivity (Wildman–Crippen MR) is 59.9 cm³/mol. The number of nitrogens with two attached hydrogens (primary N) is 1. The van der Waals surface area contributed by atoms with Crippen molar-refractivity contribution in [2.75, 3.05) is 6.61 Å². The van der Waals surface area contributed by atoms with E-state index >= 15 is 0 Å². The van der Waals surface area contributed by atoms with E-state index in [0.29, 0.717) is 25.4 Å². The van der Waals surface area contributed by atoms with E-state index in [1.165, 1.54) is 4.90 Å². The van der Waals surface area contributed by atoms with Gasteiger partial charge in [-0.15, -0.1) is 0 Å². The van der Waals surface area contributed by atoms with Crippen molar-refractivity contribution >= 4 is 11.8 Å². The second-order valence-corrected chi connectivity index (χ2v) is 5.53. The Morgan fingerprint density at radius 3 is 2.59 bits per heavy atom. The van der Waals surface area contributed by atoms with Gasteiger partial charge in [-0.2, -0.15) is 0 Å². The van der Waals surface area contributed by atoms with Gasteiger partial charge in [0.2, 0.25) is 11.8 Å². The van der Waals surface area contributed by atoms with E-state index in [2.05, 4.69) is 0 Å². The molecule has 2 N–H and O–H groups in total. The Hall–Kier alpha value is -0.940. The number of carbonyl (C=O) groups is 2. The van der Waals surface area contributed by atoms with E-state index in [4.69, 9.17) is 10.5 Å². The van der Waals surface area contributed by atoms with Crippen molar-refractivity contribution in [2.24, 2.45) is 17.6 Å². The smallest absolute Gasteiger partial charge is 0.229 e. The average molecular weight is 238 g/mol. The third-order valence-corrected chi connectivity index (χ3v) is 4.29. The number of imide groups is 1. The van der Waals surface area contributed by atoms with Gasteiger partial charge in [0.05, 0.1) is 12.1 Å². The van der Waals surface area contributed by atoms with Gasteiger partial charge >= 0.3 is 0 Å². The van der Waals surface area contributed by atoms with Crippen LogP contribution in [0.1, 0.15) is 26.2 Å². The van der Waals surface area contributed by atoms with Gasteiger partial charge in [-0.05, 0) is 12.3 Å². The molecule has 0 aromatic rings. The fraction of sp³-hybridized carbons (Fsp3) is 0.833. The number of carbonyl (C=O) groups excluding carboxylic acids is 2. The van der Waals surface area contributed by atoms with E-state index in [0.717, 1.165) is 6.42 Å². The molecule has 2 heterocycles. The first kappa shape index (κ1) is 11.2. The summed E-state index contributed by atoms with van der Waals surface area (Å²) in [6.07, 6.45) is 1.85. The van der Waals surface area contributed by atoms with Crippen molar-refractivity contribution < 1.29 is 14.3 Å². The van der Waals surface area contributed by atoms with Crippen molar-refractivity contribution in [3.05, 3.63) is 0 Å². The Kier molecular flexibility index (Phi) is 2.48. The SMILES string of the molecule is CC1CC(=O)N(C2C(N)C3CCOC32)C(=O)C1. The lowest BCUT2D eigenvalue weighted by Crippen LogP contribution is -2.71. The van der Waals surface area contributed by atoms with E-state index in [1.54, 1.807) is 0 Å². The van der Waals surface area contributed by atoms with Gasteiger partial charge in [-0.3, -0.25) is 14.5 Å². The van der Waals surface area contributed by atoms with Crippen LogP contribution in [0.5, 0.6) is 0 Å². The summed E-state index contributed by atoms with van der Waals surface area (Å²) in [5.41, 5.74) is 6.07. The number of hydrogen-bond donors (Lipinski definition) is 1. The van der Waals surface area contributed by atoms with Crippen molar-refractivity contribution in [3.63, 3.8) is 0 Å². The van der Waals surface area contributed by atoms with Gasteiger partial charge < -0.3 is 10.5 Å². The molecule has 3 fully saturated rings. The molecule has 0 bridgehead atoms. The van der Waals surface area contributed by atoms with Crippen LogP contribution >= 0.6 is 0 Å². The Balaban J connectivity index is 1.80. The van der Waals surface area contributed by atoms with Crippen LogP contribution in [0.2, 0.25) is 0 Å². The maximum absolute atomic E-state index is 12.0. The zero-order chi connectivity index (χ0) is 12.2. The molecule has 3 rings (SSSR count). The average Bonchev–Trinajstić information content (AvgIpc) is 2.67. The van der Waals surface area contributed by atoms with Gasteiger partial charge in [0, 0.05) is 31.4 Å². The fourth-order valence-corrected chi connectivity index (χ4v) is 3.37. The summed E-state index contributed by atoms with van der Waals surface area (Å²) in [6, 6.07) is -0.307. The molecule has 2 amide bonds. The van der Waals surface area contributed by atoms with Crippen molar-refractivity contribution in [3.8, 4) is 0 Å². The molecule has 0 spiro atoms. The van der Waals surface area contributed by atoms with E-state index in [9.17, 15) is 9.59 Å². The number of nitrogens with zero attached hydrogens (tertiary/aromatic N) is 1. The first-order valence-electron chi connectivity index (χ1n) is 6.31. The second kappa shape index (κ2) is 3.78. The quantitative estimate of drug-likeness (QED) is 0.647. The largest absolute Gasteiger partial charge is 0.376 e. The number of likely N-dealkylation sites (tertiary alicyclic amines) is 1. The van der Waals surface area contributed by atoms with Crippen LogP contribution in [-0.4, -0.2) is 41.5 Å². The highest BCUT2D eigenvalue weighted by molar-refractivity contribution is 5.98. The van der Waals surface area contributed by atoms with Crippen LogP contribution < -0.4 is 5.73 Å². The minimum Gasteiger partial charge on any atom is -0.376 e. The van der Waals surface area contributed by atoms with E-state index < -0.39 is 0 Å². The minimum atomic E-state index is -0.213. The van der Waals surface area contributed by atoms with Gasteiger partial charge in [0.15, 0.2) is 0 Å². The lowest BCUT2D eigenvalue weighted by molar-refractivity contribution is -0.164. The Morgan fingerprint density at radius 2 is 1.94 bits per heavy atom. The highest BCUT2D eigenvalue weighted by atomic mass is 16.5. The molecule has 0 aromatic carbocycles. The summed E-state index contributed by atoms with van der Waals surface area (Å²) in [7, 11) is 0. The van der Waals surface area contributed by atoms with Gasteiger partial charge in [0.25, 0.3) is 0 Å². The number of amides is 2. The maximum atomic E-state index is 12.0. The Labute approximate surface area is 100 Å². The molecule has 4 atom stereocenters. The van der Waals surface area contributed by atoms with Crippen LogP contribution in [0.15, 0.2) is 0 Å². The summed E-state index contributed by atoms with van der Waals surface area (Å²) in [6.45, 7) is 2.63. The van der Waals surface area contributed by atoms with Gasteiger partial charge in [-0.1, -0.05) is 6.92 Å². The standard InChI is InChI=1S/C12H18N2O3/c1-6-4-8(15)14(9(16)5-6)11-10(13)7-2-3-17-12(7)11/h6-7,10-12H,2-5,13H2,1H3. The van der Waals surface area contributed by atoms with Crippen LogP contribution in [0.25, 0.3) is 0 Å². The molecule has 1 aliphatic carbocycles. The molecule has 2 aliphatic heterocycles. The zero-order valence-electron chi connectivity index (χ0n) is 9.96. The normalized spacial score (nSPS) is 42.6. The molecule has 0 aromatic heterocycles. The van der Waals surface area contributed by atoms with Crippen LogP contribution in [0, 0.1) is 11.8 Å². The molecule has 5 nitrogen and oxygen atoms in total. The summed E-state index contributed by atoms with van der Waals surface area (Å²) in [5, 5.41) is 0. The summed E-state index contributed by atoms with van der Waals surface area (Å²) in [5.74, 6) is 0.328. The van der Waals surface area contributed by atoms with Crippen molar-refractivity contribution in [2.45, 2.75) is 44.4 Å². The number of piperidine rings is 1. The number of fused-ring (bicyclic) bond motifs is 1. The molecule has 4 unspecified atom stereocenters. The molecule has 3 aliphatic rings. The monoisotopic (exact) mass is 238 g/mol. The molecule has 17 heavy (non-hydrogen) atoms. The van der Waals surface area contributed by atoms with Crippen molar-refractivity contribution in [1.82, 2.24) is 4.90 Å². The number of ether oxygens (including phenoxy) is 1. The van der Waals surface area contributed by atoms with Crippen LogP contribution in [0.4, 0.5) is 0 Å². The molecule has 2 saturated heterocycles. The highest BCUT2D eigenvalue weighted by Crippen LogP contribution is 2.42. The van der Waals surface area contributed by atoms with Crippen LogP contribution in [-0.2, 0) is 14.3 Å². The van der Waals surface area contributed by atoms with E-state index in [1.807, 2.05) is 6.92 Å². The third-order valence-electron chi connectivity index (χ3n) is 4.29. The van der Waals surface area contributed by atoms with E-state index in [-0.39, 0.29) is 35.9 Å². The molecular weight excluding hydrogens is 220 g/mol. The minimum absolute atomic E-state index is 0.00805. The summed E-state index contributed by atoms with van der Waals surface area (Å²) >= 11 is 0. The van der Waals surface area contributed by atoms with Crippen molar-refractivity contribution in [1.29, 1.82) is 0 Å². The second-order valence-electron chi connectivity index (χ2n) is 5.53. The molecular formula is C12H18N2O3. The first-order chi connectivity index (χ1) is 8.09. The lowest BCUT2D eigenvalue weighted by Gasteiger charge is -2.51. The topological polar surface area (TPSA) is 72.6 Å². The Bertz CT molecular complexity index is 353. The molecule has 5 heteroatoms. The highest BCUT2D eigenvalue weighted by Gasteiger charge is 2.57. The number of rotatable bonds is 1. The summed E-state index contributed by atoms with van der Waals surface area (Å²) in [4.78, 5) is 25.3. The van der Waals surface area contributed by atoms with Gasteiger partial charge in [-0.25, -0.2) is 0 Å². The molecule has 0 radical (unpaired) electrons. The zero-order valence-corrected chi connectivity index (χ0v) is 9.96. The fourth-order valence-electron chi connectivity index (χ4n) is 3.37. The first-order valence-corrected chi connectivity index (χ1v) is 6.31. The maximum Gasteiger partial charge on any atom is 0.229 e. The summed E-state index contributed by atoms with van der Waals surface area (Å²) < 4.78 is 5.59.